The summed E-state index contributed by atoms with van der Waals surface area (Å²) < 4.78 is 16.2. The summed E-state index contributed by atoms with van der Waals surface area (Å²) in [4.78, 5) is 45.2. The van der Waals surface area contributed by atoms with Gasteiger partial charge in [-0.15, -0.1) is 0 Å². The Kier molecular flexibility index (Phi) is 16.9. The van der Waals surface area contributed by atoms with E-state index in [0.29, 0.717) is 19.3 Å². The molecule has 0 saturated carbocycles. The van der Waals surface area contributed by atoms with Gasteiger partial charge in [-0.05, 0) is 44.3 Å². The highest BCUT2D eigenvalue weighted by Gasteiger charge is 2.25. The summed E-state index contributed by atoms with van der Waals surface area (Å²) >= 11 is 0. The Morgan fingerprint density at radius 2 is 1.28 bits per heavy atom. The molecule has 1 N–H and O–H groups in total. The molecule has 0 fully saturated rings. The molecule has 8 nitrogen and oxygen atoms in total. The molecule has 0 aromatic heterocycles. The molecule has 0 saturated heterocycles. The second-order valence-corrected chi connectivity index (χ2v) is 7.95. The minimum Gasteiger partial charge on any atom is -0.481 e. The molecule has 0 aliphatic carbocycles. The van der Waals surface area contributed by atoms with E-state index in [4.69, 9.17) is 19.3 Å². The molecule has 0 aliphatic heterocycles. The minimum atomic E-state index is -0.783. The molecule has 8 heteroatoms. The first-order valence-corrected chi connectivity index (χ1v) is 11.6. The summed E-state index contributed by atoms with van der Waals surface area (Å²) in [6, 6.07) is 0. The lowest BCUT2D eigenvalue weighted by atomic mass is 10.0. The maximum atomic E-state index is 11.6. The molecule has 32 heavy (non-hydrogen) atoms. The molecule has 0 rings (SSSR count). The van der Waals surface area contributed by atoms with E-state index in [0.717, 1.165) is 44.9 Å². The Labute approximate surface area is 191 Å². The molecule has 0 aromatic carbocycles. The number of unbranched alkanes of at least 4 members (excludes halogenated alkanes) is 6. The Morgan fingerprint density at radius 3 is 1.84 bits per heavy atom. The van der Waals surface area contributed by atoms with E-state index in [-0.39, 0.29) is 6.42 Å². The van der Waals surface area contributed by atoms with Crippen LogP contribution >= 0.6 is 0 Å². The van der Waals surface area contributed by atoms with Crippen molar-refractivity contribution >= 4 is 23.9 Å². The number of carboxylic acids is 1. The van der Waals surface area contributed by atoms with Crippen LogP contribution in [0.5, 0.6) is 0 Å². The van der Waals surface area contributed by atoms with Crippen LogP contribution in [0, 0.1) is 0 Å². The van der Waals surface area contributed by atoms with Crippen molar-refractivity contribution in [3.8, 4) is 0 Å². The SMILES string of the molecule is CCCCC[C@@H](OC(C)=O)[C@H](/C=C/[C@@H](CCCCCCCC(=O)O)OC(C)=O)OC(C)=O. The van der Waals surface area contributed by atoms with Crippen molar-refractivity contribution in [1.29, 1.82) is 0 Å². The molecule has 0 unspecified atom stereocenters. The highest BCUT2D eigenvalue weighted by atomic mass is 16.6. The highest BCUT2D eigenvalue weighted by Crippen LogP contribution is 2.18. The molecule has 0 aliphatic rings. The molecule has 0 aromatic rings. The summed E-state index contributed by atoms with van der Waals surface area (Å²) in [5, 5.41) is 8.66. The molecule has 0 radical (unpaired) electrons. The van der Waals surface area contributed by atoms with Gasteiger partial charge in [0.1, 0.15) is 12.2 Å². The van der Waals surface area contributed by atoms with Gasteiger partial charge in [-0.2, -0.15) is 0 Å². The fraction of sp³-hybridized carbons (Fsp3) is 0.750. The quantitative estimate of drug-likeness (QED) is 0.136. The monoisotopic (exact) mass is 456 g/mol. The number of hydrogen-bond donors (Lipinski definition) is 1. The smallest absolute Gasteiger partial charge is 0.303 e. The maximum Gasteiger partial charge on any atom is 0.303 e. The lowest BCUT2D eigenvalue weighted by Crippen LogP contribution is -2.33. The lowest BCUT2D eigenvalue weighted by molar-refractivity contribution is -0.162. The largest absolute Gasteiger partial charge is 0.481 e. The summed E-state index contributed by atoms with van der Waals surface area (Å²) in [5.74, 6) is -2.13. The van der Waals surface area contributed by atoms with Crippen molar-refractivity contribution in [2.24, 2.45) is 0 Å². The third-order valence-corrected chi connectivity index (χ3v) is 4.79. The zero-order chi connectivity index (χ0) is 24.4. The van der Waals surface area contributed by atoms with Crippen LogP contribution < -0.4 is 0 Å². The third-order valence-electron chi connectivity index (χ3n) is 4.79. The minimum absolute atomic E-state index is 0.179. The molecular weight excluding hydrogens is 416 g/mol. The third kappa shape index (κ3) is 17.3. The van der Waals surface area contributed by atoms with Crippen molar-refractivity contribution in [3.63, 3.8) is 0 Å². The van der Waals surface area contributed by atoms with E-state index in [1.165, 1.54) is 20.8 Å². The van der Waals surface area contributed by atoms with Gasteiger partial charge >= 0.3 is 23.9 Å². The van der Waals surface area contributed by atoms with Crippen molar-refractivity contribution in [1.82, 2.24) is 0 Å². The van der Waals surface area contributed by atoms with Crippen LogP contribution in [-0.4, -0.2) is 47.3 Å². The van der Waals surface area contributed by atoms with E-state index in [2.05, 4.69) is 6.92 Å². The number of rotatable bonds is 18. The zero-order valence-electron chi connectivity index (χ0n) is 20.0. The number of carboxylic acid groups (broad SMARTS) is 1. The zero-order valence-corrected chi connectivity index (χ0v) is 20.0. The first-order chi connectivity index (χ1) is 15.1. The number of ether oxygens (including phenoxy) is 3. The van der Waals surface area contributed by atoms with E-state index in [1.807, 2.05) is 0 Å². The predicted molar refractivity (Wildman–Crippen MR) is 120 cm³/mol. The lowest BCUT2D eigenvalue weighted by Gasteiger charge is -2.24. The Hall–Kier alpha value is -2.38. The van der Waals surface area contributed by atoms with Crippen LogP contribution in [0.4, 0.5) is 0 Å². The predicted octanol–water partition coefficient (Wildman–Crippen LogP) is 4.73. The molecular formula is C24H40O8. The van der Waals surface area contributed by atoms with Gasteiger partial charge < -0.3 is 19.3 Å². The van der Waals surface area contributed by atoms with Crippen LogP contribution in [0.15, 0.2) is 12.2 Å². The van der Waals surface area contributed by atoms with Crippen LogP contribution in [-0.2, 0) is 33.4 Å². The molecule has 0 amide bonds. The summed E-state index contributed by atoms with van der Waals surface area (Å²) in [6.07, 6.45) is 9.72. The second-order valence-electron chi connectivity index (χ2n) is 7.95. The molecule has 0 spiro atoms. The number of carbonyl (C=O) groups excluding carboxylic acids is 3. The Morgan fingerprint density at radius 1 is 0.719 bits per heavy atom. The average molecular weight is 457 g/mol. The fourth-order valence-electron chi connectivity index (χ4n) is 3.32. The van der Waals surface area contributed by atoms with Crippen molar-refractivity contribution < 1.29 is 38.5 Å². The molecule has 0 heterocycles. The van der Waals surface area contributed by atoms with E-state index in [9.17, 15) is 19.2 Å². The van der Waals surface area contributed by atoms with E-state index < -0.39 is 42.2 Å². The van der Waals surface area contributed by atoms with E-state index >= 15 is 0 Å². The summed E-state index contributed by atoms with van der Waals surface area (Å²) in [6.45, 7) is 6.02. The Bertz CT molecular complexity index is 599. The maximum absolute atomic E-state index is 11.6. The van der Waals surface area contributed by atoms with Gasteiger partial charge in [0.15, 0.2) is 6.10 Å². The number of aliphatic carboxylic acids is 1. The number of carbonyl (C=O) groups is 4. The summed E-state index contributed by atoms with van der Waals surface area (Å²) in [7, 11) is 0. The van der Waals surface area contributed by atoms with Crippen LogP contribution in [0.1, 0.15) is 98.3 Å². The Balaban J connectivity index is 5.01. The van der Waals surface area contributed by atoms with Gasteiger partial charge in [-0.1, -0.05) is 39.0 Å². The topological polar surface area (TPSA) is 116 Å². The highest BCUT2D eigenvalue weighted by molar-refractivity contribution is 5.68. The van der Waals surface area contributed by atoms with Crippen LogP contribution in [0.3, 0.4) is 0 Å². The summed E-state index contributed by atoms with van der Waals surface area (Å²) in [5.41, 5.74) is 0. The fourth-order valence-corrected chi connectivity index (χ4v) is 3.32. The van der Waals surface area contributed by atoms with Gasteiger partial charge in [0.2, 0.25) is 0 Å². The van der Waals surface area contributed by atoms with Crippen molar-refractivity contribution in [2.75, 3.05) is 0 Å². The standard InChI is InChI=1S/C24H40O8/c1-5-6-10-14-22(31-19(3)26)23(32-20(4)27)17-16-21(30-18(2)25)13-11-8-7-9-12-15-24(28)29/h16-17,21-23H,5-15H2,1-4H3,(H,28,29)/b17-16+/t21-,22-,23+/m1/s1. The number of hydrogen-bond acceptors (Lipinski definition) is 7. The molecule has 3 atom stereocenters. The van der Waals surface area contributed by atoms with Crippen molar-refractivity contribution in [2.45, 2.75) is 117 Å². The number of esters is 3. The van der Waals surface area contributed by atoms with Crippen LogP contribution in [0.25, 0.3) is 0 Å². The van der Waals surface area contributed by atoms with Gasteiger partial charge in [0.25, 0.3) is 0 Å². The van der Waals surface area contributed by atoms with Crippen molar-refractivity contribution in [3.05, 3.63) is 12.2 Å². The second kappa shape index (κ2) is 18.2. The van der Waals surface area contributed by atoms with Gasteiger partial charge in [-0.25, -0.2) is 0 Å². The normalized spacial score (nSPS) is 13.9. The first kappa shape index (κ1) is 29.6. The molecule has 0 bridgehead atoms. The van der Waals surface area contributed by atoms with E-state index in [1.54, 1.807) is 12.2 Å². The van der Waals surface area contributed by atoms with Gasteiger partial charge in [0, 0.05) is 27.2 Å². The van der Waals surface area contributed by atoms with Gasteiger partial charge in [-0.3, -0.25) is 19.2 Å². The van der Waals surface area contributed by atoms with Gasteiger partial charge in [0.05, 0.1) is 0 Å². The van der Waals surface area contributed by atoms with Crippen LogP contribution in [0.2, 0.25) is 0 Å². The first-order valence-electron chi connectivity index (χ1n) is 11.6. The molecule has 184 valence electrons. The average Bonchev–Trinajstić information content (AvgIpc) is 2.68.